The Balaban J connectivity index is 2.16. The van der Waals surface area contributed by atoms with Gasteiger partial charge in [0.25, 0.3) is 0 Å². The molecule has 0 atom stereocenters. The molecule has 0 amide bonds. The van der Waals surface area contributed by atoms with E-state index in [1.54, 1.807) is 0 Å². The van der Waals surface area contributed by atoms with E-state index < -0.39 is 5.82 Å². The lowest BCUT2D eigenvalue weighted by Gasteiger charge is -2.10. The van der Waals surface area contributed by atoms with Crippen LogP contribution >= 0.6 is 11.6 Å². The Morgan fingerprint density at radius 2 is 2.19 bits per heavy atom. The lowest BCUT2D eigenvalue weighted by molar-refractivity contribution is 0.639. The third-order valence-electron chi connectivity index (χ3n) is 2.27. The fourth-order valence-electron chi connectivity index (χ4n) is 1.47. The van der Waals surface area contributed by atoms with Gasteiger partial charge < -0.3 is 10.3 Å². The molecule has 0 unspecified atom stereocenters. The first-order valence-electron chi connectivity index (χ1n) is 4.59. The van der Waals surface area contributed by atoms with Gasteiger partial charge in [0.1, 0.15) is 11.5 Å². The second kappa shape index (κ2) is 3.31. The van der Waals surface area contributed by atoms with Crippen LogP contribution in [0.25, 0.3) is 11.0 Å². The number of hydrogen-bond acceptors (Lipinski definition) is 3. The lowest BCUT2D eigenvalue weighted by Crippen LogP contribution is -2.04. The number of H-pyrrole nitrogens is 1. The average Bonchev–Trinajstić information content (AvgIpc) is 2.53. The molecular formula is C10H6ClFN4. The Hall–Kier alpha value is -1.88. The molecule has 1 aliphatic carbocycles. The topological polar surface area (TPSA) is 53.6 Å². The summed E-state index contributed by atoms with van der Waals surface area (Å²) in [6.07, 6.45) is 6.81. The maximum Gasteiger partial charge on any atom is 0.226 e. The molecule has 0 fully saturated rings. The van der Waals surface area contributed by atoms with Crippen molar-refractivity contribution in [3.63, 3.8) is 0 Å². The van der Waals surface area contributed by atoms with Gasteiger partial charge >= 0.3 is 0 Å². The lowest BCUT2D eigenvalue weighted by atomic mass is 10.2. The summed E-state index contributed by atoms with van der Waals surface area (Å²) in [5.74, 6) is -0.0394. The minimum atomic E-state index is -0.405. The molecule has 16 heavy (non-hydrogen) atoms. The van der Waals surface area contributed by atoms with Crippen LogP contribution in [0, 0.1) is 5.82 Å². The zero-order chi connectivity index (χ0) is 11.1. The van der Waals surface area contributed by atoms with E-state index in [1.165, 1.54) is 6.20 Å². The number of fused-ring (bicyclic) bond motifs is 1. The number of halogens is 2. The smallest absolute Gasteiger partial charge is 0.226 e. The molecule has 2 aromatic heterocycles. The van der Waals surface area contributed by atoms with Gasteiger partial charge in [-0.15, -0.1) is 0 Å². The molecule has 3 rings (SSSR count). The summed E-state index contributed by atoms with van der Waals surface area (Å²) in [5, 5.41) is 3.35. The molecule has 0 saturated carbocycles. The van der Waals surface area contributed by atoms with Crippen LogP contribution < -0.4 is 5.32 Å². The normalized spacial score (nSPS) is 13.8. The molecule has 0 radical (unpaired) electrons. The monoisotopic (exact) mass is 236 g/mol. The van der Waals surface area contributed by atoms with Crippen molar-refractivity contribution in [2.45, 2.75) is 0 Å². The van der Waals surface area contributed by atoms with E-state index in [0.29, 0.717) is 16.9 Å². The quantitative estimate of drug-likeness (QED) is 0.788. The van der Waals surface area contributed by atoms with Crippen LogP contribution in [0.3, 0.4) is 0 Å². The van der Waals surface area contributed by atoms with E-state index >= 15 is 0 Å². The number of hydrogen-bond donors (Lipinski definition) is 2. The number of nitrogens with one attached hydrogen (secondary N) is 2. The SMILES string of the molecule is Fc1c[nH]c2nc(Cl)nc(NC3=CC=C3)c12. The van der Waals surface area contributed by atoms with E-state index in [9.17, 15) is 4.39 Å². The highest BCUT2D eigenvalue weighted by molar-refractivity contribution is 6.28. The highest BCUT2D eigenvalue weighted by Gasteiger charge is 2.14. The van der Waals surface area contributed by atoms with E-state index in [4.69, 9.17) is 11.6 Å². The second-order valence-electron chi connectivity index (χ2n) is 3.31. The first-order chi connectivity index (χ1) is 7.74. The molecule has 80 valence electrons. The van der Waals surface area contributed by atoms with Gasteiger partial charge in [0.2, 0.25) is 5.28 Å². The van der Waals surface area contributed by atoms with Gasteiger partial charge in [0.05, 0.1) is 5.39 Å². The molecule has 0 aromatic carbocycles. The molecule has 1 aliphatic rings. The van der Waals surface area contributed by atoms with Crippen molar-refractivity contribution in [3.8, 4) is 0 Å². The van der Waals surface area contributed by atoms with Crippen molar-refractivity contribution in [3.05, 3.63) is 41.2 Å². The van der Waals surface area contributed by atoms with Crippen LogP contribution in [-0.2, 0) is 0 Å². The van der Waals surface area contributed by atoms with Crippen molar-refractivity contribution in [2.24, 2.45) is 0 Å². The van der Waals surface area contributed by atoms with Crippen molar-refractivity contribution < 1.29 is 4.39 Å². The molecule has 6 heteroatoms. The van der Waals surface area contributed by atoms with Crippen LogP contribution in [0.15, 0.2) is 30.1 Å². The Bertz CT molecular complexity index is 629. The second-order valence-corrected chi connectivity index (χ2v) is 3.65. The summed E-state index contributed by atoms with van der Waals surface area (Å²) in [5.41, 5.74) is 1.24. The number of rotatable bonds is 2. The first kappa shape index (κ1) is 9.35. The summed E-state index contributed by atoms with van der Waals surface area (Å²) in [7, 11) is 0. The Morgan fingerprint density at radius 1 is 1.38 bits per heavy atom. The highest BCUT2D eigenvalue weighted by Crippen LogP contribution is 2.26. The third kappa shape index (κ3) is 1.37. The van der Waals surface area contributed by atoms with Gasteiger partial charge in [-0.2, -0.15) is 9.97 Å². The van der Waals surface area contributed by atoms with Gasteiger partial charge in [-0.1, -0.05) is 6.08 Å². The summed E-state index contributed by atoms with van der Waals surface area (Å²) in [6, 6.07) is 0. The first-order valence-corrected chi connectivity index (χ1v) is 4.97. The van der Waals surface area contributed by atoms with Crippen LogP contribution in [0.1, 0.15) is 0 Å². The summed E-state index contributed by atoms with van der Waals surface area (Å²) in [6.45, 7) is 0. The predicted octanol–water partition coefficient (Wildman–Crippen LogP) is 2.62. The minimum Gasteiger partial charge on any atom is -0.343 e. The zero-order valence-corrected chi connectivity index (χ0v) is 8.72. The van der Waals surface area contributed by atoms with Gasteiger partial charge in [0.15, 0.2) is 5.82 Å². The van der Waals surface area contributed by atoms with Gasteiger partial charge in [-0.3, -0.25) is 0 Å². The third-order valence-corrected chi connectivity index (χ3v) is 2.44. The molecule has 0 saturated heterocycles. The van der Waals surface area contributed by atoms with Gasteiger partial charge in [-0.05, 0) is 23.8 Å². The van der Waals surface area contributed by atoms with E-state index in [-0.39, 0.29) is 5.28 Å². The number of anilines is 1. The number of allylic oxidation sites excluding steroid dienone is 3. The maximum atomic E-state index is 13.5. The average molecular weight is 237 g/mol. The fraction of sp³-hybridized carbons (Fsp3) is 0. The number of aromatic nitrogens is 3. The Kier molecular flexibility index (Phi) is 1.94. The molecular weight excluding hydrogens is 231 g/mol. The van der Waals surface area contributed by atoms with Crippen LogP contribution in [0.4, 0.5) is 10.2 Å². The maximum absolute atomic E-state index is 13.5. The van der Waals surface area contributed by atoms with Crippen molar-refractivity contribution in [2.75, 3.05) is 5.32 Å². The van der Waals surface area contributed by atoms with Crippen LogP contribution in [-0.4, -0.2) is 15.0 Å². The fourth-order valence-corrected chi connectivity index (χ4v) is 1.64. The van der Waals surface area contributed by atoms with E-state index in [2.05, 4.69) is 20.3 Å². The molecule has 2 heterocycles. The predicted molar refractivity (Wildman–Crippen MR) is 59.7 cm³/mol. The Labute approximate surface area is 94.9 Å². The van der Waals surface area contributed by atoms with Crippen molar-refractivity contribution in [1.29, 1.82) is 0 Å². The van der Waals surface area contributed by atoms with E-state index in [1.807, 2.05) is 18.2 Å². The van der Waals surface area contributed by atoms with Crippen molar-refractivity contribution in [1.82, 2.24) is 15.0 Å². The highest BCUT2D eigenvalue weighted by atomic mass is 35.5. The molecule has 0 spiro atoms. The molecule has 2 aromatic rings. The largest absolute Gasteiger partial charge is 0.343 e. The summed E-state index contributed by atoms with van der Waals surface area (Å²) in [4.78, 5) is 10.5. The van der Waals surface area contributed by atoms with Gasteiger partial charge in [-0.25, -0.2) is 4.39 Å². The number of nitrogens with zero attached hydrogens (tertiary/aromatic N) is 2. The molecule has 0 bridgehead atoms. The molecule has 0 aliphatic heterocycles. The standard InChI is InChI=1S/C10H6ClFN4/c11-10-15-8-7(6(12)4-13-8)9(16-10)14-5-2-1-3-5/h1-4H,(H2,13,14,15,16). The minimum absolute atomic E-state index is 0.0701. The summed E-state index contributed by atoms with van der Waals surface area (Å²) < 4.78 is 13.5. The number of aromatic amines is 1. The van der Waals surface area contributed by atoms with Gasteiger partial charge in [0, 0.05) is 11.9 Å². The summed E-state index contributed by atoms with van der Waals surface area (Å²) >= 11 is 5.74. The van der Waals surface area contributed by atoms with Crippen LogP contribution in [0.2, 0.25) is 5.28 Å². The van der Waals surface area contributed by atoms with Crippen LogP contribution in [0.5, 0.6) is 0 Å². The van der Waals surface area contributed by atoms with Crippen molar-refractivity contribution >= 4 is 28.5 Å². The Morgan fingerprint density at radius 3 is 2.88 bits per heavy atom. The molecule has 2 N–H and O–H groups in total. The zero-order valence-electron chi connectivity index (χ0n) is 7.96. The van der Waals surface area contributed by atoms with E-state index in [0.717, 1.165) is 5.70 Å². The molecule has 4 nitrogen and oxygen atoms in total.